The van der Waals surface area contributed by atoms with Gasteiger partial charge in [0.2, 0.25) is 0 Å². The second kappa shape index (κ2) is 4.52. The number of ether oxygens (including phenoxy) is 1. The van der Waals surface area contributed by atoms with Crippen molar-refractivity contribution in [3.8, 4) is 0 Å². The SMILES string of the molecule is O=C(Nc1ccc(Cl)nc1)C1CC2(CCC2)CO1. The van der Waals surface area contributed by atoms with Crippen LogP contribution in [0.15, 0.2) is 18.3 Å². The number of pyridine rings is 1. The minimum absolute atomic E-state index is 0.0807. The minimum Gasteiger partial charge on any atom is -0.368 e. The van der Waals surface area contributed by atoms with Crippen LogP contribution in [0, 0.1) is 5.41 Å². The minimum atomic E-state index is -0.319. The lowest BCUT2D eigenvalue weighted by molar-refractivity contribution is -0.124. The first-order valence-corrected chi connectivity index (χ1v) is 6.59. The molecule has 1 spiro atoms. The van der Waals surface area contributed by atoms with Crippen molar-refractivity contribution < 1.29 is 9.53 Å². The third-order valence-corrected chi connectivity index (χ3v) is 4.13. The van der Waals surface area contributed by atoms with Gasteiger partial charge in [-0.2, -0.15) is 0 Å². The molecule has 2 fully saturated rings. The second-order valence-corrected chi connectivity index (χ2v) is 5.60. The molecule has 0 radical (unpaired) electrons. The average molecular weight is 267 g/mol. The molecule has 1 aliphatic carbocycles. The lowest BCUT2D eigenvalue weighted by Crippen LogP contribution is -2.32. The molecule has 96 valence electrons. The van der Waals surface area contributed by atoms with Gasteiger partial charge in [0.15, 0.2) is 0 Å². The van der Waals surface area contributed by atoms with Crippen molar-refractivity contribution in [1.29, 1.82) is 0 Å². The van der Waals surface area contributed by atoms with Crippen LogP contribution in [-0.2, 0) is 9.53 Å². The van der Waals surface area contributed by atoms with Gasteiger partial charge < -0.3 is 10.1 Å². The molecule has 4 nitrogen and oxygen atoms in total. The lowest BCUT2D eigenvalue weighted by atomic mass is 9.67. The van der Waals surface area contributed by atoms with Crippen LogP contribution in [0.1, 0.15) is 25.7 Å². The van der Waals surface area contributed by atoms with Crippen LogP contribution in [0.5, 0.6) is 0 Å². The molecule has 2 aliphatic rings. The van der Waals surface area contributed by atoms with Crippen molar-refractivity contribution in [3.63, 3.8) is 0 Å². The summed E-state index contributed by atoms with van der Waals surface area (Å²) in [6.07, 6.45) is 5.73. The zero-order valence-electron chi connectivity index (χ0n) is 9.99. The highest BCUT2D eigenvalue weighted by molar-refractivity contribution is 6.29. The van der Waals surface area contributed by atoms with E-state index in [4.69, 9.17) is 16.3 Å². The quantitative estimate of drug-likeness (QED) is 0.837. The summed E-state index contributed by atoms with van der Waals surface area (Å²) < 4.78 is 5.61. The Balaban J connectivity index is 1.60. The highest BCUT2D eigenvalue weighted by Crippen LogP contribution is 2.49. The zero-order chi connectivity index (χ0) is 12.6. The van der Waals surface area contributed by atoms with Gasteiger partial charge in [-0.3, -0.25) is 4.79 Å². The van der Waals surface area contributed by atoms with Crippen LogP contribution < -0.4 is 5.32 Å². The predicted octanol–water partition coefficient (Wildman–Crippen LogP) is 2.63. The van der Waals surface area contributed by atoms with Crippen molar-refractivity contribution in [2.45, 2.75) is 31.8 Å². The summed E-state index contributed by atoms with van der Waals surface area (Å²) in [5, 5.41) is 3.23. The number of anilines is 1. The number of nitrogens with zero attached hydrogens (tertiary/aromatic N) is 1. The summed E-state index contributed by atoms with van der Waals surface area (Å²) in [5.74, 6) is -0.0807. The Hall–Kier alpha value is -1.13. The molecule has 0 aromatic carbocycles. The second-order valence-electron chi connectivity index (χ2n) is 5.22. The molecule has 1 saturated carbocycles. The normalized spacial score (nSPS) is 24.8. The molecule has 2 heterocycles. The Morgan fingerprint density at radius 1 is 1.50 bits per heavy atom. The molecule has 18 heavy (non-hydrogen) atoms. The summed E-state index contributed by atoms with van der Waals surface area (Å²) in [5.41, 5.74) is 0.947. The number of hydrogen-bond acceptors (Lipinski definition) is 3. The van der Waals surface area contributed by atoms with E-state index in [1.54, 1.807) is 18.3 Å². The summed E-state index contributed by atoms with van der Waals surface area (Å²) >= 11 is 5.69. The van der Waals surface area contributed by atoms with E-state index in [0.29, 0.717) is 16.3 Å². The van der Waals surface area contributed by atoms with E-state index in [2.05, 4.69) is 10.3 Å². The van der Waals surface area contributed by atoms with Crippen LogP contribution in [-0.4, -0.2) is 23.6 Å². The zero-order valence-corrected chi connectivity index (χ0v) is 10.7. The number of hydrogen-bond donors (Lipinski definition) is 1. The first-order chi connectivity index (χ1) is 8.67. The van der Waals surface area contributed by atoms with E-state index in [1.807, 2.05) is 0 Å². The average Bonchev–Trinajstić information content (AvgIpc) is 2.77. The number of nitrogens with one attached hydrogen (secondary N) is 1. The van der Waals surface area contributed by atoms with Gasteiger partial charge in [0, 0.05) is 0 Å². The molecule has 3 rings (SSSR count). The molecule has 1 unspecified atom stereocenters. The summed E-state index contributed by atoms with van der Waals surface area (Å²) in [4.78, 5) is 16.0. The Bertz CT molecular complexity index is 457. The first-order valence-electron chi connectivity index (χ1n) is 6.21. The molecule has 1 aliphatic heterocycles. The van der Waals surface area contributed by atoms with Gasteiger partial charge in [-0.1, -0.05) is 18.0 Å². The van der Waals surface area contributed by atoms with Crippen molar-refractivity contribution in [2.24, 2.45) is 5.41 Å². The fourth-order valence-corrected chi connectivity index (χ4v) is 2.77. The van der Waals surface area contributed by atoms with Gasteiger partial charge in [-0.15, -0.1) is 0 Å². The van der Waals surface area contributed by atoms with Gasteiger partial charge in [0.1, 0.15) is 11.3 Å². The molecular formula is C13H15ClN2O2. The van der Waals surface area contributed by atoms with E-state index in [0.717, 1.165) is 13.0 Å². The first kappa shape index (κ1) is 11.9. The Morgan fingerprint density at radius 2 is 2.33 bits per heavy atom. The fourth-order valence-electron chi connectivity index (χ4n) is 2.65. The van der Waals surface area contributed by atoms with Crippen molar-refractivity contribution in [1.82, 2.24) is 4.98 Å². The smallest absolute Gasteiger partial charge is 0.253 e. The van der Waals surface area contributed by atoms with E-state index >= 15 is 0 Å². The molecule has 1 aromatic heterocycles. The van der Waals surface area contributed by atoms with Gasteiger partial charge in [-0.05, 0) is 36.8 Å². The summed E-state index contributed by atoms with van der Waals surface area (Å²) in [7, 11) is 0. The standard InChI is InChI=1S/C13H15ClN2O2/c14-11-3-2-9(7-15-11)16-12(17)10-6-13(8-18-10)4-1-5-13/h2-3,7,10H,1,4-6,8H2,(H,16,17). The van der Waals surface area contributed by atoms with E-state index in [9.17, 15) is 4.79 Å². The topological polar surface area (TPSA) is 51.2 Å². The molecule has 0 bridgehead atoms. The van der Waals surface area contributed by atoms with Crippen LogP contribution >= 0.6 is 11.6 Å². The fraction of sp³-hybridized carbons (Fsp3) is 0.538. The molecule has 1 amide bonds. The van der Waals surface area contributed by atoms with Crippen LogP contribution in [0.4, 0.5) is 5.69 Å². The number of carbonyl (C=O) groups excluding carboxylic acids is 1. The van der Waals surface area contributed by atoms with E-state index < -0.39 is 0 Å². The Morgan fingerprint density at radius 3 is 2.89 bits per heavy atom. The predicted molar refractivity (Wildman–Crippen MR) is 68.5 cm³/mol. The third-order valence-electron chi connectivity index (χ3n) is 3.91. The molecule has 1 saturated heterocycles. The number of halogens is 1. The lowest BCUT2D eigenvalue weighted by Gasteiger charge is -2.36. The molecule has 1 N–H and O–H groups in total. The Kier molecular flexibility index (Phi) is 2.99. The Labute approximate surface area is 111 Å². The molecule has 1 atom stereocenters. The van der Waals surface area contributed by atoms with Crippen LogP contribution in [0.25, 0.3) is 0 Å². The van der Waals surface area contributed by atoms with Crippen molar-refractivity contribution in [2.75, 3.05) is 11.9 Å². The van der Waals surface area contributed by atoms with Crippen LogP contribution in [0.2, 0.25) is 5.15 Å². The van der Waals surface area contributed by atoms with Gasteiger partial charge >= 0.3 is 0 Å². The summed E-state index contributed by atoms with van der Waals surface area (Å²) in [6.45, 7) is 0.726. The van der Waals surface area contributed by atoms with Gasteiger partial charge in [-0.25, -0.2) is 4.98 Å². The maximum absolute atomic E-state index is 12.0. The van der Waals surface area contributed by atoms with E-state index in [1.165, 1.54) is 19.3 Å². The largest absolute Gasteiger partial charge is 0.368 e. The monoisotopic (exact) mass is 266 g/mol. The highest BCUT2D eigenvalue weighted by atomic mass is 35.5. The molecular weight excluding hydrogens is 252 g/mol. The maximum atomic E-state index is 12.0. The number of rotatable bonds is 2. The van der Waals surface area contributed by atoms with Gasteiger partial charge in [0.05, 0.1) is 18.5 Å². The number of amides is 1. The maximum Gasteiger partial charge on any atom is 0.253 e. The van der Waals surface area contributed by atoms with E-state index in [-0.39, 0.29) is 12.0 Å². The van der Waals surface area contributed by atoms with Crippen molar-refractivity contribution in [3.05, 3.63) is 23.5 Å². The molecule has 5 heteroatoms. The van der Waals surface area contributed by atoms with Crippen LogP contribution in [0.3, 0.4) is 0 Å². The van der Waals surface area contributed by atoms with Gasteiger partial charge in [0.25, 0.3) is 5.91 Å². The highest BCUT2D eigenvalue weighted by Gasteiger charge is 2.46. The number of carbonyl (C=O) groups is 1. The summed E-state index contributed by atoms with van der Waals surface area (Å²) in [6, 6.07) is 3.39. The number of aromatic nitrogens is 1. The third kappa shape index (κ3) is 2.22. The van der Waals surface area contributed by atoms with Crippen molar-refractivity contribution >= 4 is 23.2 Å². The molecule has 1 aromatic rings.